The van der Waals surface area contributed by atoms with Crippen molar-refractivity contribution >= 4 is 52.2 Å². The zero-order chi connectivity index (χ0) is 58.7. The number of halogens is 2. The number of rotatable bonds is 34. The van der Waals surface area contributed by atoms with E-state index in [0.717, 1.165) is 39.0 Å². The van der Waals surface area contributed by atoms with Crippen LogP contribution in [0.5, 0.6) is 0 Å². The van der Waals surface area contributed by atoms with Gasteiger partial charge in [-0.25, -0.2) is 23.9 Å². The van der Waals surface area contributed by atoms with Crippen molar-refractivity contribution in [2.75, 3.05) is 161 Å². The lowest BCUT2D eigenvalue weighted by molar-refractivity contribution is -0.132. The van der Waals surface area contributed by atoms with Crippen molar-refractivity contribution in [1.29, 1.82) is 0 Å². The quantitative estimate of drug-likeness (QED) is 0.0333. The van der Waals surface area contributed by atoms with Gasteiger partial charge in [-0.2, -0.15) is 0 Å². The van der Waals surface area contributed by atoms with Gasteiger partial charge in [-0.3, -0.25) is 4.79 Å². The lowest BCUT2D eigenvalue weighted by atomic mass is 9.96. The summed E-state index contributed by atoms with van der Waals surface area (Å²) in [5, 5.41) is 6.26. The van der Waals surface area contributed by atoms with Crippen LogP contribution in [0.2, 0.25) is 5.02 Å². The minimum atomic E-state index is -0.533. The molecule has 2 aliphatic heterocycles. The number of benzene rings is 3. The summed E-state index contributed by atoms with van der Waals surface area (Å²) in [6.07, 6.45) is 2.39. The van der Waals surface area contributed by atoms with E-state index in [0.29, 0.717) is 180 Å². The summed E-state index contributed by atoms with van der Waals surface area (Å²) in [4.78, 5) is 58.0. The molecule has 2 fully saturated rings. The number of ether oxygens (including phenoxy) is 10. The molecule has 3 amide bonds. The second-order valence-corrected chi connectivity index (χ2v) is 21.3. The molecule has 0 aliphatic carbocycles. The molecular formula is C60H82ClFN8O13. The van der Waals surface area contributed by atoms with Gasteiger partial charge < -0.3 is 77.7 Å². The SMILES string of the molecule is Cc1cc(F)cc(-c2cnc(N3CCN(C(=O)CCOCCOCCOCCOCCOCCOCCOCCOCCNC(=O)OC(C)(C)C)CC3)c(-c3nc4ccc(Cl)cc4[nH]3)c2N2CCC(NC(=O)OCc3ccccc3)CC2)c1. The summed E-state index contributed by atoms with van der Waals surface area (Å²) in [5.41, 5.74) is 5.65. The average Bonchev–Trinajstić information content (AvgIpc) is 3.67. The Kier molecular flexibility index (Phi) is 26.8. The first-order valence-corrected chi connectivity index (χ1v) is 29.0. The van der Waals surface area contributed by atoms with Crippen molar-refractivity contribution in [3.05, 3.63) is 94.9 Å². The molecule has 454 valence electrons. The number of aromatic nitrogens is 3. The molecule has 2 aromatic heterocycles. The van der Waals surface area contributed by atoms with Crippen LogP contribution in [0, 0.1) is 12.7 Å². The summed E-state index contributed by atoms with van der Waals surface area (Å²) in [5.74, 6) is 0.918. The molecule has 0 unspecified atom stereocenters. The zero-order valence-electron chi connectivity index (χ0n) is 48.4. The van der Waals surface area contributed by atoms with Crippen LogP contribution < -0.4 is 20.4 Å². The van der Waals surface area contributed by atoms with Crippen LogP contribution in [-0.4, -0.2) is 201 Å². The number of aromatic amines is 1. The number of anilines is 2. The number of hydrogen-bond donors (Lipinski definition) is 3. The van der Waals surface area contributed by atoms with Crippen LogP contribution in [0.25, 0.3) is 33.5 Å². The number of carbonyl (C=O) groups excluding carboxylic acids is 3. The van der Waals surface area contributed by atoms with E-state index in [4.69, 9.17) is 68.9 Å². The number of alkyl carbamates (subject to hydrolysis) is 2. The Balaban J connectivity index is 0.777. The number of hydrogen-bond acceptors (Lipinski definition) is 17. The molecule has 83 heavy (non-hydrogen) atoms. The maximum absolute atomic E-state index is 15.2. The van der Waals surface area contributed by atoms with E-state index in [1.165, 1.54) is 12.1 Å². The minimum Gasteiger partial charge on any atom is -0.445 e. The molecule has 0 saturated carbocycles. The fraction of sp³-hybridized carbons (Fsp3) is 0.550. The van der Waals surface area contributed by atoms with Gasteiger partial charge in [0.25, 0.3) is 0 Å². The van der Waals surface area contributed by atoms with Gasteiger partial charge >= 0.3 is 12.2 Å². The molecule has 2 saturated heterocycles. The second kappa shape index (κ2) is 34.5. The fourth-order valence-corrected chi connectivity index (χ4v) is 9.50. The zero-order valence-corrected chi connectivity index (χ0v) is 49.2. The highest BCUT2D eigenvalue weighted by Crippen LogP contribution is 2.45. The van der Waals surface area contributed by atoms with Crippen molar-refractivity contribution in [3.8, 4) is 22.5 Å². The van der Waals surface area contributed by atoms with Crippen LogP contribution in [0.15, 0.2) is 72.9 Å². The molecule has 7 rings (SSSR count). The Hall–Kier alpha value is -6.21. The Morgan fingerprint density at radius 2 is 1.27 bits per heavy atom. The maximum atomic E-state index is 15.2. The third-order valence-electron chi connectivity index (χ3n) is 13.3. The first-order valence-electron chi connectivity index (χ1n) is 28.6. The van der Waals surface area contributed by atoms with Gasteiger partial charge in [0.2, 0.25) is 5.91 Å². The lowest BCUT2D eigenvalue weighted by Gasteiger charge is -2.39. The standard InChI is InChI=1S/C60H82ClFN8O13/c1-44-38-46(40-48(62)39-44)50-42-64-57(54(56-66-51-11-10-47(61)41-52(51)67-56)55(50)69-16-12-49(13-17-69)65-59(73)82-43-45-8-6-5-7-9-45)70-20-18-68(19-21-70)53(71)14-22-74-24-26-76-28-30-78-32-34-80-36-37-81-35-33-79-31-29-77-27-25-75-23-15-63-58(72)83-60(2,3)4/h5-11,38-42,49H,12-37,43H2,1-4H3,(H,63,72)(H,65,73)(H,66,67). The van der Waals surface area contributed by atoms with Gasteiger partial charge in [-0.1, -0.05) is 48.0 Å². The molecule has 3 aromatic carbocycles. The van der Waals surface area contributed by atoms with E-state index in [2.05, 4.69) is 25.4 Å². The van der Waals surface area contributed by atoms with Crippen LogP contribution >= 0.6 is 11.6 Å². The van der Waals surface area contributed by atoms with Crippen LogP contribution in [0.3, 0.4) is 0 Å². The summed E-state index contributed by atoms with van der Waals surface area (Å²) in [6.45, 7) is 17.6. The number of aryl methyl sites for hydroxylation is 1. The molecule has 5 aromatic rings. The Labute approximate surface area is 491 Å². The molecule has 23 heteroatoms. The van der Waals surface area contributed by atoms with E-state index < -0.39 is 17.8 Å². The number of piperazine rings is 1. The average molecular weight is 1180 g/mol. The second-order valence-electron chi connectivity index (χ2n) is 20.9. The highest BCUT2D eigenvalue weighted by Gasteiger charge is 2.32. The number of amides is 3. The normalized spacial score (nSPS) is 14.1. The summed E-state index contributed by atoms with van der Waals surface area (Å²) < 4.78 is 70.5. The minimum absolute atomic E-state index is 0.00309. The number of H-pyrrole nitrogens is 1. The number of piperidine rings is 1. The van der Waals surface area contributed by atoms with Crippen molar-refractivity contribution in [3.63, 3.8) is 0 Å². The predicted molar refractivity (Wildman–Crippen MR) is 314 cm³/mol. The first-order chi connectivity index (χ1) is 40.3. The Morgan fingerprint density at radius 3 is 1.84 bits per heavy atom. The Bertz CT molecular complexity index is 2740. The molecule has 0 bridgehead atoms. The monoisotopic (exact) mass is 1180 g/mol. The number of fused-ring (bicyclic) bond motifs is 1. The number of pyridine rings is 1. The molecule has 21 nitrogen and oxygen atoms in total. The number of imidazole rings is 1. The number of carbonyl (C=O) groups is 3. The number of nitrogens with zero attached hydrogens (tertiary/aromatic N) is 5. The molecular weight excluding hydrogens is 1100 g/mol. The van der Waals surface area contributed by atoms with E-state index >= 15 is 4.39 Å². The van der Waals surface area contributed by atoms with Crippen molar-refractivity contribution in [1.82, 2.24) is 30.5 Å². The van der Waals surface area contributed by atoms with E-state index in [1.54, 1.807) is 6.07 Å². The molecule has 0 atom stereocenters. The highest BCUT2D eigenvalue weighted by molar-refractivity contribution is 6.31. The first kappa shape index (κ1) is 64.4. The van der Waals surface area contributed by atoms with Gasteiger partial charge in [0.15, 0.2) is 0 Å². The van der Waals surface area contributed by atoms with Crippen molar-refractivity contribution in [2.45, 2.75) is 65.2 Å². The van der Waals surface area contributed by atoms with E-state index in [9.17, 15) is 14.4 Å². The van der Waals surface area contributed by atoms with Gasteiger partial charge in [-0.05, 0) is 87.6 Å². The third kappa shape index (κ3) is 22.4. The molecule has 4 heterocycles. The van der Waals surface area contributed by atoms with E-state index in [-0.39, 0.29) is 37.4 Å². The Morgan fingerprint density at radius 1 is 0.687 bits per heavy atom. The smallest absolute Gasteiger partial charge is 0.407 e. The topological polar surface area (TPSA) is 219 Å². The van der Waals surface area contributed by atoms with Crippen molar-refractivity contribution < 1.29 is 66.1 Å². The van der Waals surface area contributed by atoms with Gasteiger partial charge in [0, 0.05) is 68.6 Å². The molecule has 0 radical (unpaired) electrons. The lowest BCUT2D eigenvalue weighted by Crippen LogP contribution is -2.49. The van der Waals surface area contributed by atoms with E-state index in [1.807, 2.05) is 87.3 Å². The van der Waals surface area contributed by atoms with Crippen LogP contribution in [0.1, 0.15) is 51.2 Å². The van der Waals surface area contributed by atoms with Crippen molar-refractivity contribution in [2.24, 2.45) is 0 Å². The summed E-state index contributed by atoms with van der Waals surface area (Å²) in [6, 6.07) is 19.9. The largest absolute Gasteiger partial charge is 0.445 e. The summed E-state index contributed by atoms with van der Waals surface area (Å²) >= 11 is 6.47. The highest BCUT2D eigenvalue weighted by atomic mass is 35.5. The predicted octanol–water partition coefficient (Wildman–Crippen LogP) is 7.98. The van der Waals surface area contributed by atoms with Crippen LogP contribution in [0.4, 0.5) is 25.5 Å². The molecule has 0 spiro atoms. The molecule has 3 N–H and O–H groups in total. The van der Waals surface area contributed by atoms with Gasteiger partial charge in [-0.15, -0.1) is 0 Å². The fourth-order valence-electron chi connectivity index (χ4n) is 9.33. The van der Waals surface area contributed by atoms with Crippen LogP contribution in [-0.2, 0) is 58.8 Å². The number of nitrogens with one attached hydrogen (secondary N) is 3. The molecule has 2 aliphatic rings. The maximum Gasteiger partial charge on any atom is 0.407 e. The van der Waals surface area contributed by atoms with Gasteiger partial charge in [0.1, 0.15) is 29.7 Å². The summed E-state index contributed by atoms with van der Waals surface area (Å²) in [7, 11) is 0. The third-order valence-corrected chi connectivity index (χ3v) is 13.6. The van der Waals surface area contributed by atoms with Gasteiger partial charge in [0.05, 0.1) is 134 Å².